The summed E-state index contributed by atoms with van der Waals surface area (Å²) in [4.78, 5) is 12.1. The summed E-state index contributed by atoms with van der Waals surface area (Å²) in [5.41, 5.74) is 2.75. The molecule has 0 bridgehead atoms. The highest BCUT2D eigenvalue weighted by Crippen LogP contribution is 2.40. The van der Waals surface area contributed by atoms with Gasteiger partial charge in [-0.1, -0.05) is 19.0 Å². The summed E-state index contributed by atoms with van der Waals surface area (Å²) in [6.45, 7) is 8.37. The topological polar surface area (TPSA) is 73.6 Å². The average molecular weight is 332 g/mol. The van der Waals surface area contributed by atoms with Crippen LogP contribution in [-0.2, 0) is 0 Å². The SMILES string of the molecule is CCNC(=O)c1noc(-c2cc(C(C)C)c(OC)cc2OC)c1C. The smallest absolute Gasteiger partial charge is 0.273 e. The molecule has 1 amide bonds. The lowest BCUT2D eigenvalue weighted by molar-refractivity contribution is 0.0946. The Bertz CT molecular complexity index is 735. The molecule has 0 aliphatic carbocycles. The van der Waals surface area contributed by atoms with Gasteiger partial charge in [0.1, 0.15) is 11.5 Å². The maximum Gasteiger partial charge on any atom is 0.273 e. The molecule has 6 heteroatoms. The number of methoxy groups -OCH3 is 2. The molecule has 0 saturated heterocycles. The number of rotatable bonds is 6. The molecule has 1 aromatic heterocycles. The van der Waals surface area contributed by atoms with Crippen LogP contribution in [0.1, 0.15) is 48.3 Å². The summed E-state index contributed by atoms with van der Waals surface area (Å²) in [5.74, 6) is 1.90. The van der Waals surface area contributed by atoms with Crippen molar-refractivity contribution in [1.29, 1.82) is 0 Å². The molecule has 0 aliphatic rings. The fourth-order valence-corrected chi connectivity index (χ4v) is 2.60. The van der Waals surface area contributed by atoms with Crippen molar-refractivity contribution in [2.45, 2.75) is 33.6 Å². The lowest BCUT2D eigenvalue weighted by Gasteiger charge is -2.16. The van der Waals surface area contributed by atoms with Crippen LogP contribution in [0.25, 0.3) is 11.3 Å². The fourth-order valence-electron chi connectivity index (χ4n) is 2.60. The number of amides is 1. The standard InChI is InChI=1S/C18H24N2O4/c1-7-19-18(21)16-11(4)17(24-20-16)13-8-12(10(2)3)14(22-5)9-15(13)23-6/h8-10H,7H2,1-6H3,(H,19,21). The van der Waals surface area contributed by atoms with Gasteiger partial charge < -0.3 is 19.3 Å². The van der Waals surface area contributed by atoms with Crippen molar-refractivity contribution in [2.24, 2.45) is 0 Å². The van der Waals surface area contributed by atoms with Gasteiger partial charge in [-0.3, -0.25) is 4.79 Å². The van der Waals surface area contributed by atoms with E-state index in [0.29, 0.717) is 23.6 Å². The van der Waals surface area contributed by atoms with Crippen LogP contribution >= 0.6 is 0 Å². The van der Waals surface area contributed by atoms with Gasteiger partial charge in [0.15, 0.2) is 11.5 Å². The van der Waals surface area contributed by atoms with E-state index in [1.165, 1.54) is 0 Å². The van der Waals surface area contributed by atoms with Gasteiger partial charge >= 0.3 is 0 Å². The molecule has 6 nitrogen and oxygen atoms in total. The third kappa shape index (κ3) is 3.22. The molecule has 1 N–H and O–H groups in total. The molecule has 0 saturated carbocycles. The molecular formula is C18H24N2O4. The Morgan fingerprint density at radius 2 is 1.92 bits per heavy atom. The number of benzene rings is 1. The van der Waals surface area contributed by atoms with Crippen molar-refractivity contribution < 1.29 is 18.8 Å². The minimum absolute atomic E-state index is 0.249. The van der Waals surface area contributed by atoms with E-state index in [0.717, 1.165) is 16.9 Å². The number of hydrogen-bond acceptors (Lipinski definition) is 5. The summed E-state index contributed by atoms with van der Waals surface area (Å²) in [6, 6.07) is 3.80. The first-order valence-corrected chi connectivity index (χ1v) is 7.95. The number of carbonyl (C=O) groups excluding carboxylic acids is 1. The highest BCUT2D eigenvalue weighted by molar-refractivity contribution is 5.95. The van der Waals surface area contributed by atoms with Crippen LogP contribution in [0.5, 0.6) is 11.5 Å². The first-order chi connectivity index (χ1) is 11.4. The maximum atomic E-state index is 12.1. The molecule has 0 radical (unpaired) electrons. The number of carbonyl (C=O) groups is 1. The minimum Gasteiger partial charge on any atom is -0.496 e. The van der Waals surface area contributed by atoms with Gasteiger partial charge in [0.2, 0.25) is 0 Å². The number of ether oxygens (including phenoxy) is 2. The third-order valence-corrected chi connectivity index (χ3v) is 3.89. The van der Waals surface area contributed by atoms with Gasteiger partial charge in [0.25, 0.3) is 5.91 Å². The molecule has 0 spiro atoms. The summed E-state index contributed by atoms with van der Waals surface area (Å²) in [6.07, 6.45) is 0. The molecular weight excluding hydrogens is 308 g/mol. The van der Waals surface area contributed by atoms with Crippen LogP contribution < -0.4 is 14.8 Å². The van der Waals surface area contributed by atoms with Crippen molar-refractivity contribution in [3.63, 3.8) is 0 Å². The van der Waals surface area contributed by atoms with Crippen LogP contribution in [0.2, 0.25) is 0 Å². The average Bonchev–Trinajstić information content (AvgIpc) is 2.95. The second kappa shape index (κ2) is 7.38. The molecule has 0 unspecified atom stereocenters. The second-order valence-corrected chi connectivity index (χ2v) is 5.79. The van der Waals surface area contributed by atoms with Gasteiger partial charge in [-0.05, 0) is 31.4 Å². The van der Waals surface area contributed by atoms with Crippen LogP contribution in [0, 0.1) is 6.92 Å². The lowest BCUT2D eigenvalue weighted by Crippen LogP contribution is -2.23. The molecule has 0 fully saturated rings. The van der Waals surface area contributed by atoms with Crippen LogP contribution in [-0.4, -0.2) is 31.8 Å². The van der Waals surface area contributed by atoms with Crippen molar-refractivity contribution in [1.82, 2.24) is 10.5 Å². The van der Waals surface area contributed by atoms with Crippen molar-refractivity contribution in [3.8, 4) is 22.8 Å². The maximum absolute atomic E-state index is 12.1. The molecule has 2 rings (SSSR count). The Labute approximate surface area is 142 Å². The zero-order chi connectivity index (χ0) is 17.9. The van der Waals surface area contributed by atoms with Gasteiger partial charge in [0.05, 0.1) is 19.8 Å². The zero-order valence-electron chi connectivity index (χ0n) is 15.0. The Kier molecular flexibility index (Phi) is 5.49. The summed E-state index contributed by atoms with van der Waals surface area (Å²) in [5, 5.41) is 6.66. The van der Waals surface area contributed by atoms with Crippen LogP contribution in [0.4, 0.5) is 0 Å². The highest BCUT2D eigenvalue weighted by Gasteiger charge is 2.23. The Hall–Kier alpha value is -2.50. The number of nitrogens with one attached hydrogen (secondary N) is 1. The van der Waals surface area contributed by atoms with Crippen LogP contribution in [0.3, 0.4) is 0 Å². The quantitative estimate of drug-likeness (QED) is 0.876. The van der Waals surface area contributed by atoms with E-state index in [4.69, 9.17) is 14.0 Å². The minimum atomic E-state index is -0.249. The van der Waals surface area contributed by atoms with Crippen LogP contribution in [0.15, 0.2) is 16.7 Å². The van der Waals surface area contributed by atoms with Gasteiger partial charge in [-0.25, -0.2) is 0 Å². The van der Waals surface area contributed by atoms with Crippen molar-refractivity contribution in [2.75, 3.05) is 20.8 Å². The fraction of sp³-hybridized carbons (Fsp3) is 0.444. The monoisotopic (exact) mass is 332 g/mol. The second-order valence-electron chi connectivity index (χ2n) is 5.79. The Balaban J connectivity index is 2.60. The number of hydrogen-bond donors (Lipinski definition) is 1. The van der Waals surface area contributed by atoms with Gasteiger partial charge in [-0.15, -0.1) is 0 Å². The predicted molar refractivity (Wildman–Crippen MR) is 91.9 cm³/mol. The van der Waals surface area contributed by atoms with E-state index in [1.807, 2.05) is 26.0 Å². The first kappa shape index (κ1) is 17.8. The summed E-state index contributed by atoms with van der Waals surface area (Å²) < 4.78 is 16.4. The van der Waals surface area contributed by atoms with Crippen molar-refractivity contribution in [3.05, 3.63) is 29.0 Å². The Morgan fingerprint density at radius 1 is 1.25 bits per heavy atom. The van der Waals surface area contributed by atoms with Gasteiger partial charge in [-0.2, -0.15) is 0 Å². The van der Waals surface area contributed by atoms with E-state index in [9.17, 15) is 4.79 Å². The van der Waals surface area contributed by atoms with E-state index in [2.05, 4.69) is 24.3 Å². The van der Waals surface area contributed by atoms with E-state index in [1.54, 1.807) is 14.2 Å². The van der Waals surface area contributed by atoms with E-state index >= 15 is 0 Å². The molecule has 2 aromatic rings. The third-order valence-electron chi connectivity index (χ3n) is 3.89. The zero-order valence-corrected chi connectivity index (χ0v) is 15.0. The predicted octanol–water partition coefficient (Wildman–Crippen LogP) is 3.54. The molecule has 1 aromatic carbocycles. The molecule has 1 heterocycles. The molecule has 0 atom stereocenters. The highest BCUT2D eigenvalue weighted by atomic mass is 16.5. The normalized spacial score (nSPS) is 10.8. The molecule has 0 aliphatic heterocycles. The number of aromatic nitrogens is 1. The summed E-state index contributed by atoms with van der Waals surface area (Å²) >= 11 is 0. The number of nitrogens with zero attached hydrogens (tertiary/aromatic N) is 1. The Morgan fingerprint density at radius 3 is 2.46 bits per heavy atom. The largest absolute Gasteiger partial charge is 0.496 e. The molecule has 130 valence electrons. The first-order valence-electron chi connectivity index (χ1n) is 7.95. The van der Waals surface area contributed by atoms with Gasteiger partial charge in [0, 0.05) is 18.2 Å². The molecule has 24 heavy (non-hydrogen) atoms. The lowest BCUT2D eigenvalue weighted by atomic mass is 9.96. The summed E-state index contributed by atoms with van der Waals surface area (Å²) in [7, 11) is 3.22. The van der Waals surface area contributed by atoms with E-state index < -0.39 is 0 Å². The van der Waals surface area contributed by atoms with Crippen molar-refractivity contribution >= 4 is 5.91 Å². The van der Waals surface area contributed by atoms with E-state index in [-0.39, 0.29) is 17.5 Å².